The van der Waals surface area contributed by atoms with Crippen LogP contribution in [0.25, 0.3) is 0 Å². The standard InChI is InChI=1S/C14H8O2S2/c15-12-7-3-1-2-4-8(7)13(16)11-9(12)5-6-10(17)14(11)18/h1-6,17-18H. The smallest absolute Gasteiger partial charge is 0.195 e. The highest BCUT2D eigenvalue weighted by atomic mass is 32.1. The average molecular weight is 272 g/mol. The zero-order valence-electron chi connectivity index (χ0n) is 9.18. The molecule has 3 rings (SSSR count). The number of fused-ring (bicyclic) bond motifs is 2. The van der Waals surface area contributed by atoms with Crippen LogP contribution in [-0.4, -0.2) is 11.6 Å². The van der Waals surface area contributed by atoms with Crippen molar-refractivity contribution in [1.29, 1.82) is 0 Å². The molecule has 1 aliphatic carbocycles. The summed E-state index contributed by atoms with van der Waals surface area (Å²) in [5.74, 6) is -0.301. The molecular weight excluding hydrogens is 264 g/mol. The maximum Gasteiger partial charge on any atom is 0.195 e. The summed E-state index contributed by atoms with van der Waals surface area (Å²) < 4.78 is 0. The van der Waals surface area contributed by atoms with Gasteiger partial charge in [-0.1, -0.05) is 24.3 Å². The first-order chi connectivity index (χ1) is 8.61. The largest absolute Gasteiger partial charge is 0.289 e. The fourth-order valence-corrected chi connectivity index (χ4v) is 2.64. The van der Waals surface area contributed by atoms with Crippen LogP contribution < -0.4 is 0 Å². The summed E-state index contributed by atoms with van der Waals surface area (Å²) >= 11 is 8.52. The van der Waals surface area contributed by atoms with Gasteiger partial charge in [-0.3, -0.25) is 9.59 Å². The molecule has 0 saturated heterocycles. The van der Waals surface area contributed by atoms with E-state index < -0.39 is 0 Å². The Morgan fingerprint density at radius 2 is 1.33 bits per heavy atom. The Labute approximate surface area is 115 Å². The van der Waals surface area contributed by atoms with Crippen LogP contribution in [0.5, 0.6) is 0 Å². The number of carbonyl (C=O) groups excluding carboxylic acids is 2. The van der Waals surface area contributed by atoms with Gasteiger partial charge in [-0.2, -0.15) is 0 Å². The van der Waals surface area contributed by atoms with Crippen LogP contribution in [0.15, 0.2) is 46.2 Å². The van der Waals surface area contributed by atoms with Gasteiger partial charge in [0.15, 0.2) is 11.6 Å². The summed E-state index contributed by atoms with van der Waals surface area (Å²) in [6, 6.07) is 10.2. The fourth-order valence-electron chi connectivity index (χ4n) is 2.16. The molecule has 88 valence electrons. The van der Waals surface area contributed by atoms with Crippen molar-refractivity contribution >= 4 is 36.8 Å². The molecule has 0 fully saturated rings. The highest BCUT2D eigenvalue weighted by Gasteiger charge is 2.31. The van der Waals surface area contributed by atoms with Gasteiger partial charge in [0.25, 0.3) is 0 Å². The van der Waals surface area contributed by atoms with Crippen LogP contribution >= 0.6 is 25.3 Å². The number of carbonyl (C=O) groups is 2. The Hall–Kier alpha value is -1.52. The summed E-state index contributed by atoms with van der Waals surface area (Å²) in [6.45, 7) is 0. The topological polar surface area (TPSA) is 34.1 Å². The average Bonchev–Trinajstić information content (AvgIpc) is 2.39. The number of hydrogen-bond donors (Lipinski definition) is 2. The molecule has 0 amide bonds. The second-order valence-corrected chi connectivity index (χ2v) is 4.99. The van der Waals surface area contributed by atoms with Crippen molar-refractivity contribution in [2.24, 2.45) is 0 Å². The minimum atomic E-state index is -0.166. The van der Waals surface area contributed by atoms with E-state index in [4.69, 9.17) is 0 Å². The van der Waals surface area contributed by atoms with Crippen molar-refractivity contribution in [3.05, 3.63) is 58.7 Å². The first-order valence-corrected chi connectivity index (χ1v) is 6.24. The number of ketones is 2. The third-order valence-electron chi connectivity index (χ3n) is 3.04. The molecule has 0 radical (unpaired) electrons. The van der Waals surface area contributed by atoms with E-state index in [1.54, 1.807) is 36.4 Å². The van der Waals surface area contributed by atoms with E-state index in [0.717, 1.165) is 0 Å². The molecule has 0 bridgehead atoms. The maximum atomic E-state index is 12.4. The van der Waals surface area contributed by atoms with Gasteiger partial charge in [0.1, 0.15) is 0 Å². The molecule has 2 aromatic rings. The lowest BCUT2D eigenvalue weighted by Crippen LogP contribution is -2.21. The van der Waals surface area contributed by atoms with Crippen molar-refractivity contribution in [2.75, 3.05) is 0 Å². The molecule has 0 aliphatic heterocycles. The van der Waals surface area contributed by atoms with E-state index in [9.17, 15) is 9.59 Å². The van der Waals surface area contributed by atoms with E-state index in [0.29, 0.717) is 32.0 Å². The highest BCUT2D eigenvalue weighted by Crippen LogP contribution is 2.33. The Morgan fingerprint density at radius 1 is 0.722 bits per heavy atom. The molecule has 0 heterocycles. The van der Waals surface area contributed by atoms with Gasteiger partial charge in [0.05, 0.1) is 0 Å². The van der Waals surface area contributed by atoms with E-state index >= 15 is 0 Å². The summed E-state index contributed by atoms with van der Waals surface area (Å²) in [5, 5.41) is 0. The molecule has 1 aliphatic rings. The Bertz CT molecular complexity index is 705. The lowest BCUT2D eigenvalue weighted by molar-refractivity contribution is 0.0976. The minimum Gasteiger partial charge on any atom is -0.289 e. The number of thiol groups is 2. The first-order valence-electron chi connectivity index (χ1n) is 5.34. The second kappa shape index (κ2) is 4.00. The normalized spacial score (nSPS) is 13.2. The van der Waals surface area contributed by atoms with Crippen molar-refractivity contribution in [3.8, 4) is 0 Å². The quantitative estimate of drug-likeness (QED) is 0.617. The molecule has 2 nitrogen and oxygen atoms in total. The molecule has 0 unspecified atom stereocenters. The van der Waals surface area contributed by atoms with Crippen LogP contribution in [0, 0.1) is 0 Å². The predicted octanol–water partition coefficient (Wildman–Crippen LogP) is 3.04. The van der Waals surface area contributed by atoms with Gasteiger partial charge in [0, 0.05) is 32.0 Å². The fraction of sp³-hybridized carbons (Fsp3) is 0. The molecule has 0 aromatic heterocycles. The summed E-state index contributed by atoms with van der Waals surface area (Å²) in [4.78, 5) is 25.8. The second-order valence-electron chi connectivity index (χ2n) is 4.06. The summed E-state index contributed by atoms with van der Waals surface area (Å²) in [6.07, 6.45) is 0. The molecule has 4 heteroatoms. The zero-order chi connectivity index (χ0) is 12.9. The van der Waals surface area contributed by atoms with Crippen molar-refractivity contribution in [3.63, 3.8) is 0 Å². The van der Waals surface area contributed by atoms with Crippen LogP contribution in [0.3, 0.4) is 0 Å². The van der Waals surface area contributed by atoms with Crippen LogP contribution in [-0.2, 0) is 0 Å². The highest BCUT2D eigenvalue weighted by molar-refractivity contribution is 7.83. The van der Waals surface area contributed by atoms with Gasteiger partial charge >= 0.3 is 0 Å². The van der Waals surface area contributed by atoms with Crippen LogP contribution in [0.2, 0.25) is 0 Å². The van der Waals surface area contributed by atoms with Gasteiger partial charge in [-0.25, -0.2) is 0 Å². The molecule has 18 heavy (non-hydrogen) atoms. The Morgan fingerprint density at radius 3 is 2.00 bits per heavy atom. The number of rotatable bonds is 0. The molecule has 0 saturated carbocycles. The number of benzene rings is 2. The third-order valence-corrected chi connectivity index (χ3v) is 4.06. The Balaban J connectivity index is 2.38. The monoisotopic (exact) mass is 272 g/mol. The van der Waals surface area contributed by atoms with E-state index in [2.05, 4.69) is 25.3 Å². The molecule has 2 aromatic carbocycles. The van der Waals surface area contributed by atoms with E-state index in [1.807, 2.05) is 0 Å². The minimum absolute atomic E-state index is 0.135. The van der Waals surface area contributed by atoms with Crippen molar-refractivity contribution < 1.29 is 9.59 Å². The molecular formula is C14H8O2S2. The van der Waals surface area contributed by atoms with Gasteiger partial charge in [-0.05, 0) is 12.1 Å². The lowest BCUT2D eigenvalue weighted by Gasteiger charge is -2.19. The van der Waals surface area contributed by atoms with Gasteiger partial charge in [-0.15, -0.1) is 25.3 Å². The van der Waals surface area contributed by atoms with Crippen molar-refractivity contribution in [1.82, 2.24) is 0 Å². The van der Waals surface area contributed by atoms with E-state index in [-0.39, 0.29) is 11.6 Å². The van der Waals surface area contributed by atoms with Gasteiger partial charge in [0.2, 0.25) is 0 Å². The summed E-state index contributed by atoms with van der Waals surface area (Å²) in [7, 11) is 0. The van der Waals surface area contributed by atoms with Crippen LogP contribution in [0.4, 0.5) is 0 Å². The van der Waals surface area contributed by atoms with Crippen LogP contribution in [0.1, 0.15) is 31.8 Å². The van der Waals surface area contributed by atoms with E-state index in [1.165, 1.54) is 0 Å². The zero-order valence-corrected chi connectivity index (χ0v) is 11.0. The maximum absolute atomic E-state index is 12.4. The molecule has 0 atom stereocenters. The van der Waals surface area contributed by atoms with Gasteiger partial charge < -0.3 is 0 Å². The lowest BCUT2D eigenvalue weighted by atomic mass is 9.84. The predicted molar refractivity (Wildman–Crippen MR) is 74.3 cm³/mol. The Kier molecular flexibility index (Phi) is 2.57. The third kappa shape index (κ3) is 1.46. The SMILES string of the molecule is O=C1c2ccccc2C(=O)c2c1ccc(S)c2S. The summed E-state index contributed by atoms with van der Waals surface area (Å²) in [5.41, 5.74) is 1.65. The molecule has 0 N–H and O–H groups in total. The number of hydrogen-bond acceptors (Lipinski definition) is 4. The first kappa shape index (κ1) is 11.6. The molecule has 0 spiro atoms. The van der Waals surface area contributed by atoms with Crippen molar-refractivity contribution in [2.45, 2.75) is 9.79 Å².